The molecule has 0 amide bonds. The van der Waals surface area contributed by atoms with Gasteiger partial charge in [-0.05, 0) is 56.4 Å². The summed E-state index contributed by atoms with van der Waals surface area (Å²) in [6, 6.07) is 3.10. The molecule has 164 valence electrons. The van der Waals surface area contributed by atoms with Crippen molar-refractivity contribution in [2.75, 3.05) is 13.7 Å². The largest absolute Gasteiger partial charge is 0.383 e. The molecule has 1 atom stereocenters. The van der Waals surface area contributed by atoms with Crippen molar-refractivity contribution >= 4 is 39.1 Å². The number of hydrogen-bond donors (Lipinski definition) is 0. The molecule has 0 radical (unpaired) electrons. The number of aromatic nitrogens is 2. The number of methoxy groups -OCH3 is 1. The van der Waals surface area contributed by atoms with Crippen LogP contribution >= 0.6 is 23.1 Å². The number of benzene rings is 1. The van der Waals surface area contributed by atoms with Crippen molar-refractivity contribution in [3.05, 3.63) is 56.2 Å². The fraction of sp³-hybridized carbons (Fsp3) is 0.409. The minimum atomic E-state index is -1.07. The van der Waals surface area contributed by atoms with Gasteiger partial charge >= 0.3 is 0 Å². The molecule has 0 saturated carbocycles. The Morgan fingerprint density at radius 2 is 2.06 bits per heavy atom. The molecule has 2 aromatic heterocycles. The molecule has 0 spiro atoms. The number of fused-ring (bicyclic) bond motifs is 3. The maximum atomic E-state index is 13.6. The molecule has 1 aliphatic rings. The molecule has 0 N–H and O–H groups in total. The van der Waals surface area contributed by atoms with Crippen LogP contribution in [-0.4, -0.2) is 34.3 Å². The summed E-state index contributed by atoms with van der Waals surface area (Å²) in [7, 11) is 1.56. The Kier molecular flexibility index (Phi) is 6.55. The number of aryl methyl sites for hydroxylation is 2. The van der Waals surface area contributed by atoms with E-state index in [1.807, 2.05) is 0 Å². The van der Waals surface area contributed by atoms with Crippen LogP contribution in [0.5, 0.6) is 0 Å². The van der Waals surface area contributed by atoms with Crippen molar-refractivity contribution < 1.29 is 18.3 Å². The van der Waals surface area contributed by atoms with E-state index in [1.54, 1.807) is 29.9 Å². The van der Waals surface area contributed by atoms with Gasteiger partial charge in [-0.2, -0.15) is 0 Å². The lowest BCUT2D eigenvalue weighted by Crippen LogP contribution is -2.27. The van der Waals surface area contributed by atoms with Crippen LogP contribution in [0.1, 0.15) is 40.6 Å². The summed E-state index contributed by atoms with van der Waals surface area (Å²) >= 11 is 2.70. The summed E-state index contributed by atoms with van der Waals surface area (Å²) in [5.74, 6) is -2.43. The van der Waals surface area contributed by atoms with Gasteiger partial charge in [0.05, 0.1) is 23.8 Å². The quantitative estimate of drug-likeness (QED) is 0.290. The predicted octanol–water partition coefficient (Wildman–Crippen LogP) is 4.62. The molecule has 2 heterocycles. The van der Waals surface area contributed by atoms with E-state index in [0.717, 1.165) is 55.1 Å². The first-order valence-electron chi connectivity index (χ1n) is 10.1. The molecular weight excluding hydrogens is 442 g/mol. The average Bonchev–Trinajstić information content (AvgIpc) is 3.13. The lowest BCUT2D eigenvalue weighted by atomic mass is 9.97. The van der Waals surface area contributed by atoms with Crippen molar-refractivity contribution in [3.8, 4) is 0 Å². The number of carbonyl (C=O) groups excluding carboxylic acids is 1. The predicted molar refractivity (Wildman–Crippen MR) is 118 cm³/mol. The van der Waals surface area contributed by atoms with Crippen molar-refractivity contribution in [3.63, 3.8) is 0 Å². The number of thioether (sulfide) groups is 1. The lowest BCUT2D eigenvalue weighted by molar-refractivity contribution is 0.0993. The Morgan fingerprint density at radius 3 is 2.81 bits per heavy atom. The number of halogens is 2. The second kappa shape index (κ2) is 9.18. The lowest BCUT2D eigenvalue weighted by Gasteiger charge is -2.16. The molecule has 5 nitrogen and oxygen atoms in total. The smallest absolute Gasteiger partial charge is 0.263 e. The zero-order chi connectivity index (χ0) is 22.1. The zero-order valence-corrected chi connectivity index (χ0v) is 18.9. The van der Waals surface area contributed by atoms with E-state index >= 15 is 0 Å². The molecule has 4 rings (SSSR count). The van der Waals surface area contributed by atoms with Gasteiger partial charge in [0.15, 0.2) is 22.6 Å². The van der Waals surface area contributed by atoms with E-state index < -0.39 is 16.9 Å². The van der Waals surface area contributed by atoms with Crippen LogP contribution in [0.15, 0.2) is 28.2 Å². The molecule has 1 aromatic carbocycles. The molecule has 0 fully saturated rings. The van der Waals surface area contributed by atoms with Gasteiger partial charge in [0, 0.05) is 17.6 Å². The Bertz CT molecular complexity index is 1210. The van der Waals surface area contributed by atoms with Crippen molar-refractivity contribution in [2.45, 2.75) is 49.6 Å². The van der Waals surface area contributed by atoms with E-state index in [1.165, 1.54) is 10.9 Å². The van der Waals surface area contributed by atoms with Gasteiger partial charge in [-0.25, -0.2) is 13.8 Å². The third-order valence-corrected chi connectivity index (χ3v) is 7.69. The van der Waals surface area contributed by atoms with E-state index in [9.17, 15) is 18.4 Å². The van der Waals surface area contributed by atoms with Crippen LogP contribution in [0.4, 0.5) is 8.78 Å². The summed E-state index contributed by atoms with van der Waals surface area (Å²) in [4.78, 5) is 32.8. The molecule has 0 aliphatic heterocycles. The van der Waals surface area contributed by atoms with E-state index in [-0.39, 0.29) is 16.9 Å². The molecule has 0 unspecified atom stereocenters. The number of carbonyl (C=O) groups is 1. The topological polar surface area (TPSA) is 61.2 Å². The van der Waals surface area contributed by atoms with Crippen molar-refractivity contribution in [2.24, 2.45) is 0 Å². The number of hydrogen-bond acceptors (Lipinski definition) is 6. The molecule has 9 heteroatoms. The summed E-state index contributed by atoms with van der Waals surface area (Å²) in [6.07, 6.45) is 4.01. The average molecular weight is 465 g/mol. The highest BCUT2D eigenvalue weighted by Crippen LogP contribution is 2.35. The molecule has 0 bridgehead atoms. The van der Waals surface area contributed by atoms with Crippen LogP contribution in [0.3, 0.4) is 0 Å². The number of rotatable bonds is 7. The standard InChI is InChI=1S/C22H22F2N2O3S2/c1-12(19(27)13-7-8-15(23)16(24)11-13)30-22-25-20-18(21(28)26(22)9-10-29-2)14-5-3-4-6-17(14)31-20/h7-8,11-12H,3-6,9-10H2,1-2H3/t12-/m1/s1. The highest BCUT2D eigenvalue weighted by molar-refractivity contribution is 8.00. The van der Waals surface area contributed by atoms with E-state index in [0.29, 0.717) is 28.5 Å². The van der Waals surface area contributed by atoms with Crippen molar-refractivity contribution in [1.82, 2.24) is 9.55 Å². The first-order chi connectivity index (χ1) is 14.9. The SMILES string of the molecule is COCCn1c(S[C@H](C)C(=O)c2ccc(F)c(F)c2)nc2sc3c(c2c1=O)CCCC3. The monoisotopic (exact) mass is 464 g/mol. The van der Waals surface area contributed by atoms with Gasteiger partial charge in [-0.15, -0.1) is 11.3 Å². The minimum Gasteiger partial charge on any atom is -0.383 e. The minimum absolute atomic E-state index is 0.0809. The van der Waals surface area contributed by atoms with Gasteiger partial charge in [0.2, 0.25) is 0 Å². The Balaban J connectivity index is 1.72. The first kappa shape index (κ1) is 22.1. The van der Waals surface area contributed by atoms with Crippen LogP contribution < -0.4 is 5.56 Å². The molecule has 31 heavy (non-hydrogen) atoms. The van der Waals surface area contributed by atoms with Gasteiger partial charge < -0.3 is 4.74 Å². The maximum absolute atomic E-state index is 13.6. The number of nitrogens with zero attached hydrogens (tertiary/aromatic N) is 2. The maximum Gasteiger partial charge on any atom is 0.263 e. The summed E-state index contributed by atoms with van der Waals surface area (Å²) in [6.45, 7) is 2.32. The highest BCUT2D eigenvalue weighted by atomic mass is 32.2. The van der Waals surface area contributed by atoms with Crippen LogP contribution in [-0.2, 0) is 24.1 Å². The number of Topliss-reactive ketones (excluding diaryl/α,β-unsaturated/α-hetero) is 1. The van der Waals surface area contributed by atoms with Gasteiger partial charge in [0.25, 0.3) is 5.56 Å². The third kappa shape index (κ3) is 4.31. The van der Waals surface area contributed by atoms with Crippen LogP contribution in [0.2, 0.25) is 0 Å². The fourth-order valence-electron chi connectivity index (χ4n) is 3.79. The van der Waals surface area contributed by atoms with E-state index in [4.69, 9.17) is 9.72 Å². The van der Waals surface area contributed by atoms with Gasteiger partial charge in [-0.1, -0.05) is 11.8 Å². The Hall–Kier alpha value is -2.10. The molecule has 3 aromatic rings. The van der Waals surface area contributed by atoms with Gasteiger partial charge in [-0.3, -0.25) is 14.2 Å². The number of thiophene rings is 1. The Morgan fingerprint density at radius 1 is 1.29 bits per heavy atom. The van der Waals surface area contributed by atoms with Crippen LogP contribution in [0, 0.1) is 11.6 Å². The summed E-state index contributed by atoms with van der Waals surface area (Å²) in [5.41, 5.74) is 1.08. The third-order valence-electron chi connectivity index (χ3n) is 5.41. The Labute approximate surface area is 186 Å². The molecule has 0 saturated heterocycles. The zero-order valence-electron chi connectivity index (χ0n) is 17.2. The van der Waals surface area contributed by atoms with E-state index in [2.05, 4.69) is 0 Å². The first-order valence-corrected chi connectivity index (χ1v) is 11.8. The molecule has 1 aliphatic carbocycles. The highest BCUT2D eigenvalue weighted by Gasteiger charge is 2.25. The van der Waals surface area contributed by atoms with Crippen LogP contribution in [0.25, 0.3) is 10.2 Å². The van der Waals surface area contributed by atoms with Crippen molar-refractivity contribution in [1.29, 1.82) is 0 Å². The number of ether oxygens (including phenoxy) is 1. The normalized spacial score (nSPS) is 14.6. The summed E-state index contributed by atoms with van der Waals surface area (Å²) in [5, 5.41) is 0.467. The fourth-order valence-corrected chi connectivity index (χ4v) is 6.10. The summed E-state index contributed by atoms with van der Waals surface area (Å²) < 4.78 is 33.5. The second-order valence-electron chi connectivity index (χ2n) is 7.49. The van der Waals surface area contributed by atoms with Gasteiger partial charge in [0.1, 0.15) is 4.83 Å². The number of ketones is 1. The molecular formula is C22H22F2N2O3S2. The second-order valence-corrected chi connectivity index (χ2v) is 9.88.